The summed E-state index contributed by atoms with van der Waals surface area (Å²) in [6, 6.07) is 11.5. The van der Waals surface area contributed by atoms with Crippen molar-refractivity contribution in [3.63, 3.8) is 0 Å². The molecule has 88 valence electrons. The summed E-state index contributed by atoms with van der Waals surface area (Å²) in [5.41, 5.74) is 1.18. The number of hydrogen-bond donors (Lipinski definition) is 0. The van der Waals surface area contributed by atoms with E-state index in [-0.39, 0.29) is 12.4 Å². The predicted octanol–water partition coefficient (Wildman–Crippen LogP) is 3.63. The van der Waals surface area contributed by atoms with Gasteiger partial charge in [0.25, 0.3) is 0 Å². The van der Waals surface area contributed by atoms with Crippen LogP contribution in [-0.2, 0) is 0 Å². The summed E-state index contributed by atoms with van der Waals surface area (Å²) in [7, 11) is 0. The fourth-order valence-electron chi connectivity index (χ4n) is 1.44. The van der Waals surface area contributed by atoms with Crippen LogP contribution in [0.4, 0.5) is 0 Å². The fourth-order valence-corrected chi connectivity index (χ4v) is 2.23. The molecular formula is C14H14O2S. The Morgan fingerprint density at radius 3 is 2.41 bits per heavy atom. The zero-order chi connectivity index (χ0) is 12.3. The van der Waals surface area contributed by atoms with Gasteiger partial charge in [0, 0.05) is 4.88 Å². The molecule has 0 bridgehead atoms. The summed E-state index contributed by atoms with van der Waals surface area (Å²) in [6.07, 6.45) is 0. The molecule has 2 nitrogen and oxygen atoms in total. The Balaban J connectivity index is 1.94. The molecule has 1 heterocycles. The molecule has 0 fully saturated rings. The third-order valence-electron chi connectivity index (χ3n) is 2.41. The van der Waals surface area contributed by atoms with E-state index in [4.69, 9.17) is 4.74 Å². The SMILES string of the molecule is Cc1ccc(OCC(=O)c2ccc(C)s2)cc1. The zero-order valence-electron chi connectivity index (χ0n) is 9.90. The summed E-state index contributed by atoms with van der Waals surface area (Å²) in [4.78, 5) is 13.7. The highest BCUT2D eigenvalue weighted by atomic mass is 32.1. The van der Waals surface area contributed by atoms with Crippen molar-refractivity contribution in [3.8, 4) is 5.75 Å². The highest BCUT2D eigenvalue weighted by Gasteiger charge is 2.08. The third kappa shape index (κ3) is 3.17. The molecule has 2 rings (SSSR count). The smallest absolute Gasteiger partial charge is 0.210 e. The summed E-state index contributed by atoms with van der Waals surface area (Å²) in [6.45, 7) is 4.11. The lowest BCUT2D eigenvalue weighted by molar-refractivity contribution is 0.0925. The van der Waals surface area contributed by atoms with Crippen LogP contribution in [0.5, 0.6) is 5.75 Å². The van der Waals surface area contributed by atoms with Gasteiger partial charge in [0.05, 0.1) is 4.88 Å². The second kappa shape index (κ2) is 5.15. The van der Waals surface area contributed by atoms with Crippen molar-refractivity contribution in [1.82, 2.24) is 0 Å². The number of ketones is 1. The maximum Gasteiger partial charge on any atom is 0.210 e. The van der Waals surface area contributed by atoms with Gasteiger partial charge in [0.2, 0.25) is 5.78 Å². The first-order valence-electron chi connectivity index (χ1n) is 5.44. The van der Waals surface area contributed by atoms with Crippen LogP contribution in [0.15, 0.2) is 36.4 Å². The average molecular weight is 246 g/mol. The maximum atomic E-state index is 11.8. The van der Waals surface area contributed by atoms with E-state index in [1.807, 2.05) is 50.2 Å². The molecule has 0 radical (unpaired) electrons. The number of aryl methyl sites for hydroxylation is 2. The third-order valence-corrected chi connectivity index (χ3v) is 3.45. The van der Waals surface area contributed by atoms with Crippen LogP contribution in [0.2, 0.25) is 0 Å². The summed E-state index contributed by atoms with van der Waals surface area (Å²) >= 11 is 1.50. The Morgan fingerprint density at radius 2 is 1.82 bits per heavy atom. The van der Waals surface area contributed by atoms with Gasteiger partial charge >= 0.3 is 0 Å². The van der Waals surface area contributed by atoms with Crippen molar-refractivity contribution < 1.29 is 9.53 Å². The van der Waals surface area contributed by atoms with Crippen LogP contribution in [0.3, 0.4) is 0 Å². The topological polar surface area (TPSA) is 26.3 Å². The second-order valence-corrected chi connectivity index (χ2v) is 5.22. The minimum absolute atomic E-state index is 0.0312. The molecule has 0 aliphatic heterocycles. The van der Waals surface area contributed by atoms with Gasteiger partial charge in [-0.05, 0) is 38.1 Å². The van der Waals surface area contributed by atoms with Crippen molar-refractivity contribution >= 4 is 17.1 Å². The molecule has 0 spiro atoms. The standard InChI is InChI=1S/C14H14O2S/c1-10-3-6-12(7-4-10)16-9-13(15)14-8-5-11(2)17-14/h3-8H,9H2,1-2H3. The van der Waals surface area contributed by atoms with Crippen LogP contribution in [0, 0.1) is 13.8 Å². The molecule has 0 saturated carbocycles. The molecular weight excluding hydrogens is 232 g/mol. The first-order valence-corrected chi connectivity index (χ1v) is 6.26. The van der Waals surface area contributed by atoms with Gasteiger partial charge in [-0.3, -0.25) is 4.79 Å². The van der Waals surface area contributed by atoms with Crippen molar-refractivity contribution in [2.75, 3.05) is 6.61 Å². The lowest BCUT2D eigenvalue weighted by Gasteiger charge is -2.04. The minimum Gasteiger partial charge on any atom is -0.485 e. The van der Waals surface area contributed by atoms with E-state index < -0.39 is 0 Å². The number of thiophene rings is 1. The van der Waals surface area contributed by atoms with E-state index in [0.717, 1.165) is 15.5 Å². The molecule has 0 aliphatic carbocycles. The zero-order valence-corrected chi connectivity index (χ0v) is 10.7. The number of carbonyl (C=O) groups excluding carboxylic acids is 1. The molecule has 0 saturated heterocycles. The first-order chi connectivity index (χ1) is 8.15. The molecule has 0 unspecified atom stereocenters. The Labute approximate surface area is 105 Å². The molecule has 3 heteroatoms. The monoisotopic (exact) mass is 246 g/mol. The highest BCUT2D eigenvalue weighted by molar-refractivity contribution is 7.14. The summed E-state index contributed by atoms with van der Waals surface area (Å²) < 4.78 is 5.44. The van der Waals surface area contributed by atoms with Crippen molar-refractivity contribution in [1.29, 1.82) is 0 Å². The van der Waals surface area contributed by atoms with Gasteiger partial charge in [-0.25, -0.2) is 0 Å². The highest BCUT2D eigenvalue weighted by Crippen LogP contribution is 2.17. The lowest BCUT2D eigenvalue weighted by atomic mass is 10.2. The van der Waals surface area contributed by atoms with Gasteiger partial charge < -0.3 is 4.74 Å². The largest absolute Gasteiger partial charge is 0.485 e. The van der Waals surface area contributed by atoms with Crippen molar-refractivity contribution in [2.24, 2.45) is 0 Å². The van der Waals surface area contributed by atoms with Gasteiger partial charge in [-0.1, -0.05) is 17.7 Å². The number of hydrogen-bond acceptors (Lipinski definition) is 3. The molecule has 1 aromatic heterocycles. The normalized spacial score (nSPS) is 10.2. The Morgan fingerprint density at radius 1 is 1.12 bits per heavy atom. The van der Waals surface area contributed by atoms with E-state index in [9.17, 15) is 4.79 Å². The van der Waals surface area contributed by atoms with E-state index in [2.05, 4.69) is 0 Å². The van der Waals surface area contributed by atoms with Crippen LogP contribution < -0.4 is 4.74 Å². The summed E-state index contributed by atoms with van der Waals surface area (Å²) in [5.74, 6) is 0.765. The van der Waals surface area contributed by atoms with Crippen molar-refractivity contribution in [3.05, 3.63) is 51.7 Å². The van der Waals surface area contributed by atoms with Crippen LogP contribution in [-0.4, -0.2) is 12.4 Å². The van der Waals surface area contributed by atoms with Crippen LogP contribution in [0.1, 0.15) is 20.1 Å². The molecule has 1 aromatic carbocycles. The number of rotatable bonds is 4. The van der Waals surface area contributed by atoms with Crippen molar-refractivity contribution in [2.45, 2.75) is 13.8 Å². The maximum absolute atomic E-state index is 11.8. The number of benzene rings is 1. The first kappa shape index (κ1) is 11.9. The molecule has 17 heavy (non-hydrogen) atoms. The number of carbonyl (C=O) groups is 1. The number of Topliss-reactive ketones (excluding diaryl/α,β-unsaturated/α-hetero) is 1. The molecule has 0 amide bonds. The van der Waals surface area contributed by atoms with Gasteiger partial charge in [0.15, 0.2) is 6.61 Å². The fraction of sp³-hybridized carbons (Fsp3) is 0.214. The molecule has 0 N–H and O–H groups in total. The Bertz CT molecular complexity index is 511. The molecule has 0 atom stereocenters. The van der Waals surface area contributed by atoms with Gasteiger partial charge in [0.1, 0.15) is 5.75 Å². The Kier molecular flexibility index (Phi) is 3.59. The molecule has 0 aliphatic rings. The second-order valence-electron chi connectivity index (χ2n) is 3.94. The lowest BCUT2D eigenvalue weighted by Crippen LogP contribution is -2.09. The van der Waals surface area contributed by atoms with Crippen LogP contribution >= 0.6 is 11.3 Å². The van der Waals surface area contributed by atoms with E-state index >= 15 is 0 Å². The quantitative estimate of drug-likeness (QED) is 0.770. The predicted molar refractivity (Wildman–Crippen MR) is 70.1 cm³/mol. The molecule has 2 aromatic rings. The average Bonchev–Trinajstić information content (AvgIpc) is 2.75. The van der Waals surface area contributed by atoms with Gasteiger partial charge in [-0.15, -0.1) is 11.3 Å². The van der Waals surface area contributed by atoms with Gasteiger partial charge in [-0.2, -0.15) is 0 Å². The van der Waals surface area contributed by atoms with E-state index in [1.165, 1.54) is 16.9 Å². The number of ether oxygens (including phenoxy) is 1. The Hall–Kier alpha value is -1.61. The van der Waals surface area contributed by atoms with Crippen LogP contribution in [0.25, 0.3) is 0 Å². The van der Waals surface area contributed by atoms with E-state index in [1.54, 1.807) is 0 Å². The summed E-state index contributed by atoms with van der Waals surface area (Å²) in [5, 5.41) is 0. The minimum atomic E-state index is 0.0312. The van der Waals surface area contributed by atoms with E-state index in [0.29, 0.717) is 0 Å².